The van der Waals surface area contributed by atoms with E-state index >= 15 is 0 Å². The van der Waals surface area contributed by atoms with Gasteiger partial charge in [-0.15, -0.1) is 0 Å². The van der Waals surface area contributed by atoms with Crippen LogP contribution in [0.1, 0.15) is 11.1 Å². The number of pyridine rings is 1. The van der Waals surface area contributed by atoms with E-state index in [-0.39, 0.29) is 11.5 Å². The Hall–Kier alpha value is -2.31. The van der Waals surface area contributed by atoms with Crippen LogP contribution in [0.15, 0.2) is 30.5 Å². The number of nitrogens with two attached hydrogens (primary N) is 1. The zero-order valence-corrected chi connectivity index (χ0v) is 10.4. The summed E-state index contributed by atoms with van der Waals surface area (Å²) < 4.78 is 51.3. The Kier molecular flexibility index (Phi) is 3.52. The first-order valence-corrected chi connectivity index (χ1v) is 5.63. The minimum atomic E-state index is -4.53. The van der Waals surface area contributed by atoms with Crippen molar-refractivity contribution in [3.05, 3.63) is 47.4 Å². The number of aryl methyl sites for hydroxylation is 1. The summed E-state index contributed by atoms with van der Waals surface area (Å²) in [4.78, 5) is 3.92. The molecule has 0 atom stereocenters. The van der Waals surface area contributed by atoms with Crippen LogP contribution in [0, 0.1) is 12.7 Å². The second kappa shape index (κ2) is 4.99. The van der Waals surface area contributed by atoms with Crippen molar-refractivity contribution in [2.75, 3.05) is 11.1 Å². The van der Waals surface area contributed by atoms with Gasteiger partial charge in [-0.2, -0.15) is 13.2 Å². The van der Waals surface area contributed by atoms with Crippen LogP contribution in [0.3, 0.4) is 0 Å². The summed E-state index contributed by atoms with van der Waals surface area (Å²) in [5, 5.41) is 2.54. The summed E-state index contributed by atoms with van der Waals surface area (Å²) >= 11 is 0. The third-order valence-electron chi connectivity index (χ3n) is 2.65. The van der Waals surface area contributed by atoms with E-state index in [1.54, 1.807) is 13.0 Å². The molecular formula is C13H11F4N3. The molecule has 0 amide bonds. The highest BCUT2D eigenvalue weighted by Gasteiger charge is 2.31. The van der Waals surface area contributed by atoms with E-state index in [4.69, 9.17) is 5.73 Å². The van der Waals surface area contributed by atoms with Crippen molar-refractivity contribution in [3.8, 4) is 0 Å². The number of halogens is 4. The summed E-state index contributed by atoms with van der Waals surface area (Å²) in [7, 11) is 0. The first-order chi connectivity index (χ1) is 9.27. The average molecular weight is 285 g/mol. The van der Waals surface area contributed by atoms with Gasteiger partial charge in [0, 0.05) is 0 Å². The Morgan fingerprint density at radius 3 is 2.50 bits per heavy atom. The fourth-order valence-corrected chi connectivity index (χ4v) is 1.65. The van der Waals surface area contributed by atoms with Crippen LogP contribution in [-0.4, -0.2) is 4.98 Å². The van der Waals surface area contributed by atoms with Gasteiger partial charge >= 0.3 is 6.18 Å². The molecule has 0 saturated heterocycles. The number of alkyl halides is 3. The van der Waals surface area contributed by atoms with Crippen molar-refractivity contribution in [2.45, 2.75) is 13.1 Å². The third-order valence-corrected chi connectivity index (χ3v) is 2.65. The van der Waals surface area contributed by atoms with Gasteiger partial charge in [0.05, 0.1) is 23.1 Å². The van der Waals surface area contributed by atoms with Crippen LogP contribution < -0.4 is 11.1 Å². The zero-order valence-electron chi connectivity index (χ0n) is 10.4. The number of nitrogen functional groups attached to an aromatic ring is 1. The van der Waals surface area contributed by atoms with Crippen molar-refractivity contribution in [3.63, 3.8) is 0 Å². The molecule has 1 heterocycles. The molecule has 106 valence electrons. The lowest BCUT2D eigenvalue weighted by atomic mass is 10.1. The maximum Gasteiger partial charge on any atom is 0.416 e. The molecule has 3 N–H and O–H groups in total. The topological polar surface area (TPSA) is 50.9 Å². The second-order valence-corrected chi connectivity index (χ2v) is 4.25. The Balaban J connectivity index is 2.38. The Morgan fingerprint density at radius 2 is 1.90 bits per heavy atom. The Bertz CT molecular complexity index is 638. The molecule has 2 aromatic rings. The van der Waals surface area contributed by atoms with E-state index in [1.807, 2.05) is 0 Å². The number of rotatable bonds is 2. The molecule has 2 rings (SSSR count). The smallest absolute Gasteiger partial charge is 0.397 e. The van der Waals surface area contributed by atoms with Crippen LogP contribution in [0.2, 0.25) is 0 Å². The molecule has 0 saturated carbocycles. The molecule has 0 aliphatic heterocycles. The molecule has 1 aromatic carbocycles. The predicted molar refractivity (Wildman–Crippen MR) is 68.1 cm³/mol. The van der Waals surface area contributed by atoms with Gasteiger partial charge in [-0.05, 0) is 36.8 Å². The van der Waals surface area contributed by atoms with Crippen LogP contribution in [0.5, 0.6) is 0 Å². The summed E-state index contributed by atoms with van der Waals surface area (Å²) in [6.45, 7) is 1.66. The Morgan fingerprint density at radius 1 is 1.20 bits per heavy atom. The zero-order chi connectivity index (χ0) is 14.9. The molecule has 0 fully saturated rings. The molecule has 7 heteroatoms. The number of anilines is 3. The lowest BCUT2D eigenvalue weighted by Gasteiger charge is -2.12. The molecule has 0 unspecified atom stereocenters. The number of benzene rings is 1. The van der Waals surface area contributed by atoms with Gasteiger partial charge in [-0.3, -0.25) is 0 Å². The largest absolute Gasteiger partial charge is 0.416 e. The van der Waals surface area contributed by atoms with Crippen LogP contribution >= 0.6 is 0 Å². The second-order valence-electron chi connectivity index (χ2n) is 4.25. The summed E-state index contributed by atoms with van der Waals surface area (Å²) in [5.74, 6) is -0.548. The number of nitrogens with zero attached hydrogens (tertiary/aromatic N) is 1. The molecule has 0 bridgehead atoms. The molecule has 0 spiro atoms. The SMILES string of the molecule is Cc1cc(N)cnc1Nc1cc(C(F)(F)F)ccc1F. The number of nitrogens with one attached hydrogen (secondary N) is 1. The first-order valence-electron chi connectivity index (χ1n) is 5.63. The first kappa shape index (κ1) is 14.1. The van der Waals surface area contributed by atoms with E-state index in [1.165, 1.54) is 6.20 Å². The van der Waals surface area contributed by atoms with Gasteiger partial charge in [-0.25, -0.2) is 9.37 Å². The minimum Gasteiger partial charge on any atom is -0.397 e. The average Bonchev–Trinajstić information content (AvgIpc) is 2.33. The van der Waals surface area contributed by atoms with Crippen molar-refractivity contribution in [2.24, 2.45) is 0 Å². The van der Waals surface area contributed by atoms with Crippen molar-refractivity contribution in [1.29, 1.82) is 0 Å². The fraction of sp³-hybridized carbons (Fsp3) is 0.154. The van der Waals surface area contributed by atoms with E-state index < -0.39 is 17.6 Å². The van der Waals surface area contributed by atoms with Gasteiger partial charge < -0.3 is 11.1 Å². The van der Waals surface area contributed by atoms with E-state index in [0.29, 0.717) is 23.4 Å². The normalized spacial score (nSPS) is 11.4. The number of hydrogen-bond donors (Lipinski definition) is 2. The molecule has 0 aliphatic carbocycles. The molecule has 1 aromatic heterocycles. The number of aromatic nitrogens is 1. The van der Waals surface area contributed by atoms with Crippen LogP contribution in [-0.2, 0) is 6.18 Å². The maximum absolute atomic E-state index is 13.6. The van der Waals surface area contributed by atoms with Gasteiger partial charge in [0.15, 0.2) is 0 Å². The molecule has 0 radical (unpaired) electrons. The van der Waals surface area contributed by atoms with E-state index in [9.17, 15) is 17.6 Å². The minimum absolute atomic E-state index is 0.248. The molecule has 20 heavy (non-hydrogen) atoms. The highest BCUT2D eigenvalue weighted by molar-refractivity contribution is 5.62. The molecule has 0 aliphatic rings. The van der Waals surface area contributed by atoms with Crippen LogP contribution in [0.4, 0.5) is 34.8 Å². The van der Waals surface area contributed by atoms with Crippen molar-refractivity contribution >= 4 is 17.2 Å². The predicted octanol–water partition coefficient (Wildman–Crippen LogP) is 3.87. The molecule has 3 nitrogen and oxygen atoms in total. The van der Waals surface area contributed by atoms with Gasteiger partial charge in [0.25, 0.3) is 0 Å². The van der Waals surface area contributed by atoms with Gasteiger partial charge in [0.1, 0.15) is 11.6 Å². The standard InChI is InChI=1S/C13H11F4N3/c1-7-4-9(18)6-19-12(7)20-11-5-8(13(15,16)17)2-3-10(11)14/h2-6H,18H2,1H3,(H,19,20). The monoisotopic (exact) mass is 285 g/mol. The Labute approximate surface area is 112 Å². The summed E-state index contributed by atoms with van der Waals surface area (Å²) in [5.41, 5.74) is 5.31. The molecular weight excluding hydrogens is 274 g/mol. The summed E-state index contributed by atoms with van der Waals surface area (Å²) in [6.07, 6.45) is -3.20. The van der Waals surface area contributed by atoms with E-state index in [0.717, 1.165) is 6.07 Å². The number of hydrogen-bond acceptors (Lipinski definition) is 3. The highest BCUT2D eigenvalue weighted by atomic mass is 19.4. The lowest BCUT2D eigenvalue weighted by Crippen LogP contribution is -2.07. The van der Waals surface area contributed by atoms with Gasteiger partial charge in [0.2, 0.25) is 0 Å². The maximum atomic E-state index is 13.6. The van der Waals surface area contributed by atoms with Crippen molar-refractivity contribution < 1.29 is 17.6 Å². The lowest BCUT2D eigenvalue weighted by molar-refractivity contribution is -0.137. The fourth-order valence-electron chi connectivity index (χ4n) is 1.65. The van der Waals surface area contributed by atoms with Crippen LogP contribution in [0.25, 0.3) is 0 Å². The van der Waals surface area contributed by atoms with E-state index in [2.05, 4.69) is 10.3 Å². The van der Waals surface area contributed by atoms with Gasteiger partial charge in [-0.1, -0.05) is 0 Å². The quantitative estimate of drug-likeness (QED) is 0.823. The highest BCUT2D eigenvalue weighted by Crippen LogP contribution is 2.32. The summed E-state index contributed by atoms with van der Waals surface area (Å²) in [6, 6.07) is 3.73. The third kappa shape index (κ3) is 2.98. The van der Waals surface area contributed by atoms with Crippen molar-refractivity contribution in [1.82, 2.24) is 4.98 Å².